The molecule has 0 rings (SSSR count). The summed E-state index contributed by atoms with van der Waals surface area (Å²) in [5.74, 6) is 0. The summed E-state index contributed by atoms with van der Waals surface area (Å²) in [6.45, 7) is 6.92. The Bertz CT molecular complexity index is 79.1. The lowest BCUT2D eigenvalue weighted by Crippen LogP contribution is -2.04. The first-order chi connectivity index (χ1) is 5.76. The van der Waals surface area contributed by atoms with Crippen molar-refractivity contribution < 1.29 is 0 Å². The second-order valence-electron chi connectivity index (χ2n) is 2.45. The molecular formula is C9H20BrSSi. The molecule has 0 aromatic rings. The van der Waals surface area contributed by atoms with E-state index in [0.717, 1.165) is 11.8 Å². The van der Waals surface area contributed by atoms with Crippen molar-refractivity contribution in [3.05, 3.63) is 0 Å². The van der Waals surface area contributed by atoms with Gasteiger partial charge >= 0.3 is 0 Å². The number of rotatable bonds is 5. The van der Waals surface area contributed by atoms with Gasteiger partial charge in [-0.1, -0.05) is 67.1 Å². The minimum Gasteiger partial charge on any atom is -0.0935 e. The van der Waals surface area contributed by atoms with Crippen molar-refractivity contribution >= 4 is 42.3 Å². The van der Waals surface area contributed by atoms with Gasteiger partial charge in [-0.25, -0.2) is 0 Å². The van der Waals surface area contributed by atoms with E-state index in [9.17, 15) is 0 Å². The van der Waals surface area contributed by atoms with Crippen LogP contribution in [-0.4, -0.2) is 19.5 Å². The van der Waals surface area contributed by atoms with Crippen molar-refractivity contribution in [2.24, 2.45) is 0 Å². The van der Waals surface area contributed by atoms with Crippen molar-refractivity contribution in [1.82, 2.24) is 0 Å². The molecule has 0 aliphatic carbocycles. The molecule has 0 aromatic carbocycles. The SMILES string of the molecule is CC[Si](CC)CC.S=CCCBr. The second kappa shape index (κ2) is 14.3. The van der Waals surface area contributed by atoms with Gasteiger partial charge in [0.2, 0.25) is 0 Å². The predicted molar refractivity (Wildman–Crippen MR) is 69.3 cm³/mol. The third-order valence-electron chi connectivity index (χ3n) is 1.73. The number of alkyl halides is 1. The Hall–Kier alpha value is 0.787. The van der Waals surface area contributed by atoms with Gasteiger partial charge in [-0.05, 0) is 11.8 Å². The highest BCUT2D eigenvalue weighted by Gasteiger charge is 1.98. The van der Waals surface area contributed by atoms with E-state index in [1.54, 1.807) is 5.37 Å². The molecule has 12 heavy (non-hydrogen) atoms. The molecule has 0 heterocycles. The molecule has 0 unspecified atom stereocenters. The summed E-state index contributed by atoms with van der Waals surface area (Å²) >= 11 is 7.71. The molecule has 0 spiro atoms. The van der Waals surface area contributed by atoms with Crippen molar-refractivity contribution in [3.63, 3.8) is 0 Å². The summed E-state index contributed by atoms with van der Waals surface area (Å²) in [7, 11) is 0.137. The van der Waals surface area contributed by atoms with Crippen LogP contribution in [0.15, 0.2) is 0 Å². The average molecular weight is 268 g/mol. The highest BCUT2D eigenvalue weighted by molar-refractivity contribution is 9.09. The maximum atomic E-state index is 4.50. The Morgan fingerprint density at radius 2 is 1.58 bits per heavy atom. The molecule has 0 nitrogen and oxygen atoms in total. The van der Waals surface area contributed by atoms with Crippen LogP contribution in [0.3, 0.4) is 0 Å². The number of hydrogen-bond donors (Lipinski definition) is 0. The predicted octanol–water partition coefficient (Wildman–Crippen LogP) is 4.31. The Balaban J connectivity index is 0. The fraction of sp³-hybridized carbons (Fsp3) is 0.889. The third kappa shape index (κ3) is 13.4. The van der Waals surface area contributed by atoms with Crippen LogP contribution < -0.4 is 0 Å². The number of thiocarbonyl (C=S) groups is 1. The van der Waals surface area contributed by atoms with Gasteiger partial charge in [0.25, 0.3) is 0 Å². The normalized spacial score (nSPS) is 9.08. The lowest BCUT2D eigenvalue weighted by Gasteiger charge is -2.02. The van der Waals surface area contributed by atoms with E-state index in [4.69, 9.17) is 0 Å². The van der Waals surface area contributed by atoms with E-state index in [2.05, 4.69) is 48.9 Å². The molecule has 73 valence electrons. The Morgan fingerprint density at radius 1 is 1.17 bits per heavy atom. The summed E-state index contributed by atoms with van der Waals surface area (Å²) in [4.78, 5) is 0. The van der Waals surface area contributed by atoms with E-state index < -0.39 is 0 Å². The van der Waals surface area contributed by atoms with Crippen molar-refractivity contribution in [2.75, 3.05) is 5.33 Å². The average Bonchev–Trinajstić information content (AvgIpc) is 2.10. The largest absolute Gasteiger partial charge is 0.0935 e. The van der Waals surface area contributed by atoms with Crippen molar-refractivity contribution in [3.8, 4) is 0 Å². The number of halogens is 1. The Morgan fingerprint density at radius 3 is 1.58 bits per heavy atom. The van der Waals surface area contributed by atoms with Crippen molar-refractivity contribution in [1.29, 1.82) is 0 Å². The Kier molecular flexibility index (Phi) is 18.2. The van der Waals surface area contributed by atoms with Gasteiger partial charge in [-0.2, -0.15) is 0 Å². The van der Waals surface area contributed by atoms with Gasteiger partial charge in [0.15, 0.2) is 0 Å². The quantitative estimate of drug-likeness (QED) is 0.407. The lowest BCUT2D eigenvalue weighted by atomic mass is 10.6. The molecule has 0 aliphatic heterocycles. The molecule has 0 aromatic heterocycles. The monoisotopic (exact) mass is 267 g/mol. The van der Waals surface area contributed by atoms with Crippen LogP contribution >= 0.6 is 28.1 Å². The molecule has 3 heteroatoms. The Labute approximate surface area is 92.9 Å². The highest BCUT2D eigenvalue weighted by atomic mass is 79.9. The molecule has 0 fully saturated rings. The van der Waals surface area contributed by atoms with Crippen LogP contribution in [0.5, 0.6) is 0 Å². The van der Waals surface area contributed by atoms with Gasteiger partial charge in [0.05, 0.1) is 0 Å². The first-order valence-corrected chi connectivity index (χ1v) is 8.31. The van der Waals surface area contributed by atoms with Gasteiger partial charge in [0.1, 0.15) is 0 Å². The first kappa shape index (κ1) is 15.3. The topological polar surface area (TPSA) is 0 Å². The van der Waals surface area contributed by atoms with Crippen molar-refractivity contribution in [2.45, 2.75) is 45.3 Å². The van der Waals surface area contributed by atoms with E-state index in [1.807, 2.05) is 0 Å². The molecule has 0 saturated carbocycles. The molecule has 0 saturated heterocycles. The molecule has 0 aliphatic rings. The van der Waals surface area contributed by atoms with E-state index in [0.29, 0.717) is 0 Å². The fourth-order valence-electron chi connectivity index (χ4n) is 0.795. The van der Waals surface area contributed by atoms with Gasteiger partial charge in [0, 0.05) is 14.1 Å². The van der Waals surface area contributed by atoms with Gasteiger partial charge in [-0.15, -0.1) is 0 Å². The zero-order chi connectivity index (χ0) is 9.82. The zero-order valence-electron chi connectivity index (χ0n) is 8.40. The molecule has 0 atom stereocenters. The fourth-order valence-corrected chi connectivity index (χ4v) is 2.94. The summed E-state index contributed by atoms with van der Waals surface area (Å²) < 4.78 is 0. The summed E-state index contributed by atoms with van der Waals surface area (Å²) in [5, 5.41) is 2.71. The molecule has 0 N–H and O–H groups in total. The summed E-state index contributed by atoms with van der Waals surface area (Å²) in [6, 6.07) is 4.37. The smallest absolute Gasteiger partial charge is 0.0470 e. The minimum atomic E-state index is 0.137. The molecule has 0 amide bonds. The van der Waals surface area contributed by atoms with E-state index >= 15 is 0 Å². The summed E-state index contributed by atoms with van der Waals surface area (Å²) in [6.07, 6.45) is 0.995. The standard InChI is InChI=1S/C6H15Si.C3H5BrS/c1-4-7(5-2)6-3;4-2-1-3-5/h4-6H2,1-3H3;3H,1-2H2. The molecular weight excluding hydrogens is 248 g/mol. The van der Waals surface area contributed by atoms with E-state index in [1.165, 1.54) is 18.1 Å². The third-order valence-corrected chi connectivity index (χ3v) is 5.42. The molecule has 0 bridgehead atoms. The van der Waals surface area contributed by atoms with E-state index in [-0.39, 0.29) is 8.80 Å². The maximum absolute atomic E-state index is 4.50. The second-order valence-corrected chi connectivity index (χ2v) is 7.20. The van der Waals surface area contributed by atoms with Crippen LogP contribution in [0.2, 0.25) is 18.1 Å². The van der Waals surface area contributed by atoms with Gasteiger partial charge < -0.3 is 0 Å². The van der Waals surface area contributed by atoms with Crippen LogP contribution in [0.25, 0.3) is 0 Å². The maximum Gasteiger partial charge on any atom is 0.0470 e. The minimum absolute atomic E-state index is 0.137. The molecule has 1 radical (unpaired) electrons. The van der Waals surface area contributed by atoms with Gasteiger partial charge in [-0.3, -0.25) is 0 Å². The van der Waals surface area contributed by atoms with Crippen LogP contribution in [0, 0.1) is 0 Å². The van der Waals surface area contributed by atoms with Crippen LogP contribution in [-0.2, 0) is 0 Å². The summed E-state index contributed by atoms with van der Waals surface area (Å²) in [5.41, 5.74) is 0. The highest BCUT2D eigenvalue weighted by Crippen LogP contribution is 2.01. The number of hydrogen-bond acceptors (Lipinski definition) is 1. The lowest BCUT2D eigenvalue weighted by molar-refractivity contribution is 1.24. The van der Waals surface area contributed by atoms with Crippen LogP contribution in [0.1, 0.15) is 27.2 Å². The zero-order valence-corrected chi connectivity index (χ0v) is 11.8. The van der Waals surface area contributed by atoms with Crippen LogP contribution in [0.4, 0.5) is 0 Å². The first-order valence-electron chi connectivity index (χ1n) is 4.59.